The molecule has 0 aliphatic rings. The zero-order valence-electron chi connectivity index (χ0n) is 15.4. The van der Waals surface area contributed by atoms with Crippen LogP contribution in [0.1, 0.15) is 29.8 Å². The van der Waals surface area contributed by atoms with E-state index in [0.29, 0.717) is 6.61 Å². The standard InChI is InChI=1S/C19H16O4.C2H6.I2/c1-22-17-9-10-18(16-8-3-2-7-15(16)17)23-12-13-5-4-6-14(11-13)19(20)21;2*1-2/h2-11H,12H2,1H3,(H,20,21);1-2H3;. The van der Waals surface area contributed by atoms with Gasteiger partial charge < -0.3 is 14.6 Å². The number of hydrogen-bond acceptors (Lipinski definition) is 3. The number of carboxylic acids is 1. The molecule has 0 aromatic heterocycles. The fourth-order valence-corrected chi connectivity index (χ4v) is 2.50. The molecule has 3 rings (SSSR count). The lowest BCUT2D eigenvalue weighted by atomic mass is 10.1. The van der Waals surface area contributed by atoms with Crippen LogP contribution in [-0.4, -0.2) is 18.2 Å². The van der Waals surface area contributed by atoms with Crippen molar-refractivity contribution < 1.29 is 19.4 Å². The Balaban J connectivity index is 0.000000855. The summed E-state index contributed by atoms with van der Waals surface area (Å²) in [6.07, 6.45) is 0. The Bertz CT molecular complexity index is 866. The minimum Gasteiger partial charge on any atom is -0.496 e. The van der Waals surface area contributed by atoms with Gasteiger partial charge in [0.1, 0.15) is 18.1 Å². The van der Waals surface area contributed by atoms with Crippen LogP contribution in [0.4, 0.5) is 0 Å². The molecule has 0 spiro atoms. The van der Waals surface area contributed by atoms with Crippen LogP contribution in [0.25, 0.3) is 10.8 Å². The highest BCUT2D eigenvalue weighted by atomic mass is 128. The van der Waals surface area contributed by atoms with E-state index in [0.717, 1.165) is 27.8 Å². The molecular formula is C21H22I2O4. The summed E-state index contributed by atoms with van der Waals surface area (Å²) in [5.41, 5.74) is 1.07. The third-order valence-electron chi connectivity index (χ3n) is 3.63. The minimum atomic E-state index is -0.943. The Morgan fingerprint density at radius 3 is 2.11 bits per heavy atom. The maximum Gasteiger partial charge on any atom is 0.335 e. The summed E-state index contributed by atoms with van der Waals surface area (Å²) in [5.74, 6) is 0.588. The number of rotatable bonds is 5. The van der Waals surface area contributed by atoms with E-state index in [-0.39, 0.29) is 5.56 Å². The predicted molar refractivity (Wildman–Crippen MR) is 128 cm³/mol. The van der Waals surface area contributed by atoms with Crippen molar-refractivity contribution in [2.24, 2.45) is 0 Å². The average Bonchev–Trinajstić information content (AvgIpc) is 2.75. The van der Waals surface area contributed by atoms with Gasteiger partial charge in [-0.1, -0.05) is 50.2 Å². The third-order valence-corrected chi connectivity index (χ3v) is 3.63. The zero-order chi connectivity index (χ0) is 20.2. The first kappa shape index (κ1) is 23.5. The van der Waals surface area contributed by atoms with Gasteiger partial charge in [-0.25, -0.2) is 4.79 Å². The highest BCUT2D eigenvalue weighted by Gasteiger charge is 2.08. The van der Waals surface area contributed by atoms with Gasteiger partial charge in [0.05, 0.1) is 12.7 Å². The maximum atomic E-state index is 11.0. The lowest BCUT2D eigenvalue weighted by molar-refractivity contribution is 0.0696. The maximum absolute atomic E-state index is 11.0. The van der Waals surface area contributed by atoms with Gasteiger partial charge in [-0.15, -0.1) is 0 Å². The van der Waals surface area contributed by atoms with E-state index in [1.165, 1.54) is 0 Å². The van der Waals surface area contributed by atoms with Crippen LogP contribution in [0.5, 0.6) is 11.5 Å². The van der Waals surface area contributed by atoms with Gasteiger partial charge in [0.15, 0.2) is 0 Å². The van der Waals surface area contributed by atoms with E-state index in [4.69, 9.17) is 14.6 Å². The minimum absolute atomic E-state index is 0.255. The molecule has 0 saturated heterocycles. The van der Waals surface area contributed by atoms with Gasteiger partial charge in [-0.05, 0) is 29.8 Å². The molecule has 144 valence electrons. The summed E-state index contributed by atoms with van der Waals surface area (Å²) in [4.78, 5) is 11.0. The molecular weight excluding hydrogens is 570 g/mol. The van der Waals surface area contributed by atoms with Crippen LogP contribution in [0.3, 0.4) is 0 Å². The van der Waals surface area contributed by atoms with E-state index >= 15 is 0 Å². The Labute approximate surface area is 183 Å². The molecule has 0 aliphatic heterocycles. The normalized spacial score (nSPS) is 9.37. The van der Waals surface area contributed by atoms with Gasteiger partial charge in [-0.3, -0.25) is 0 Å². The number of methoxy groups -OCH3 is 1. The molecule has 0 bridgehead atoms. The molecule has 0 saturated carbocycles. The Morgan fingerprint density at radius 2 is 1.52 bits per heavy atom. The second-order valence-electron chi connectivity index (χ2n) is 5.11. The quantitative estimate of drug-likeness (QED) is 0.327. The van der Waals surface area contributed by atoms with Crippen LogP contribution in [-0.2, 0) is 6.61 Å². The van der Waals surface area contributed by atoms with Gasteiger partial charge >= 0.3 is 5.97 Å². The van der Waals surface area contributed by atoms with Gasteiger partial charge in [0, 0.05) is 48.0 Å². The number of ether oxygens (including phenoxy) is 2. The molecule has 3 aromatic carbocycles. The molecule has 0 unspecified atom stereocenters. The molecule has 27 heavy (non-hydrogen) atoms. The summed E-state index contributed by atoms with van der Waals surface area (Å²) in [6.45, 7) is 4.30. The van der Waals surface area contributed by atoms with Crippen molar-refractivity contribution in [3.05, 3.63) is 71.8 Å². The summed E-state index contributed by atoms with van der Waals surface area (Å²) in [7, 11) is 1.64. The number of benzene rings is 3. The molecule has 0 radical (unpaired) electrons. The van der Waals surface area contributed by atoms with Crippen molar-refractivity contribution in [2.75, 3.05) is 7.11 Å². The Hall–Kier alpha value is -1.55. The van der Waals surface area contributed by atoms with E-state index in [1.807, 2.05) is 56.3 Å². The van der Waals surface area contributed by atoms with E-state index in [9.17, 15) is 4.79 Å². The summed E-state index contributed by atoms with van der Waals surface area (Å²) in [5, 5.41) is 11.0. The van der Waals surface area contributed by atoms with E-state index < -0.39 is 5.97 Å². The molecule has 0 amide bonds. The number of fused-ring (bicyclic) bond motifs is 1. The van der Waals surface area contributed by atoms with E-state index in [2.05, 4.69) is 37.2 Å². The van der Waals surface area contributed by atoms with E-state index in [1.54, 1.807) is 25.3 Å². The molecule has 0 atom stereocenters. The second-order valence-corrected chi connectivity index (χ2v) is 5.11. The first-order valence-electron chi connectivity index (χ1n) is 8.34. The van der Waals surface area contributed by atoms with Crippen LogP contribution in [0.2, 0.25) is 0 Å². The monoisotopic (exact) mass is 592 g/mol. The van der Waals surface area contributed by atoms with Crippen LogP contribution in [0, 0.1) is 0 Å². The Kier molecular flexibility index (Phi) is 11.1. The van der Waals surface area contributed by atoms with Crippen molar-refractivity contribution in [3.63, 3.8) is 0 Å². The van der Waals surface area contributed by atoms with Crippen molar-refractivity contribution >= 4 is 54.0 Å². The first-order chi connectivity index (χ1) is 13.2. The topological polar surface area (TPSA) is 55.8 Å². The highest BCUT2D eigenvalue weighted by molar-refractivity contribution is 15.0. The number of aromatic carboxylic acids is 1. The lowest BCUT2D eigenvalue weighted by Crippen LogP contribution is -2.00. The Morgan fingerprint density at radius 1 is 0.926 bits per heavy atom. The molecule has 6 heteroatoms. The first-order valence-corrected chi connectivity index (χ1v) is 14.6. The largest absolute Gasteiger partial charge is 0.496 e. The van der Waals surface area contributed by atoms with Gasteiger partial charge in [-0.2, -0.15) is 0 Å². The number of carbonyl (C=O) groups is 1. The SMILES string of the molecule is CC.COc1ccc(OCc2cccc(C(=O)O)c2)c2ccccc12.II. The lowest BCUT2D eigenvalue weighted by Gasteiger charge is -2.12. The van der Waals surface area contributed by atoms with Crippen molar-refractivity contribution in [3.8, 4) is 11.5 Å². The van der Waals surface area contributed by atoms with Crippen LogP contribution in [0.15, 0.2) is 60.7 Å². The fraction of sp³-hybridized carbons (Fsp3) is 0.190. The number of halogens is 2. The van der Waals surface area contributed by atoms with Crippen molar-refractivity contribution in [2.45, 2.75) is 20.5 Å². The number of carboxylic acid groups (broad SMARTS) is 1. The summed E-state index contributed by atoms with van der Waals surface area (Å²) >= 11 is 4.24. The average molecular weight is 592 g/mol. The summed E-state index contributed by atoms with van der Waals surface area (Å²) < 4.78 is 11.3. The van der Waals surface area contributed by atoms with Crippen molar-refractivity contribution in [1.29, 1.82) is 0 Å². The van der Waals surface area contributed by atoms with Crippen LogP contribution < -0.4 is 9.47 Å². The van der Waals surface area contributed by atoms with Gasteiger partial charge in [0.25, 0.3) is 0 Å². The third kappa shape index (κ3) is 6.53. The predicted octanol–water partition coefficient (Wildman–Crippen LogP) is 6.92. The highest BCUT2D eigenvalue weighted by Crippen LogP contribution is 2.33. The molecule has 0 aliphatic carbocycles. The van der Waals surface area contributed by atoms with Gasteiger partial charge in [0.2, 0.25) is 0 Å². The second kappa shape index (κ2) is 12.8. The molecule has 0 heterocycles. The number of hydrogen-bond donors (Lipinski definition) is 1. The molecule has 4 nitrogen and oxygen atoms in total. The molecule has 3 aromatic rings. The molecule has 1 N–H and O–H groups in total. The fourth-order valence-electron chi connectivity index (χ4n) is 2.50. The smallest absolute Gasteiger partial charge is 0.335 e. The van der Waals surface area contributed by atoms with Crippen LogP contribution >= 0.6 is 37.2 Å². The summed E-state index contributed by atoms with van der Waals surface area (Å²) in [6, 6.07) is 18.3. The van der Waals surface area contributed by atoms with Crippen molar-refractivity contribution in [1.82, 2.24) is 0 Å². The molecule has 0 fully saturated rings. The zero-order valence-corrected chi connectivity index (χ0v) is 19.7.